The lowest BCUT2D eigenvalue weighted by molar-refractivity contribution is 0.0233. The number of ether oxygens (including phenoxy) is 2. The predicted octanol–water partition coefficient (Wildman–Crippen LogP) is 3.54. The molecular weight excluding hydrogens is 240 g/mol. The first-order valence-corrected chi connectivity index (χ1v) is 7.15. The Morgan fingerprint density at radius 3 is 2.47 bits per heavy atom. The van der Waals surface area contributed by atoms with Gasteiger partial charge in [0.1, 0.15) is 5.75 Å². The Morgan fingerprint density at radius 2 is 1.84 bits per heavy atom. The maximum atomic E-state index is 9.76. The highest BCUT2D eigenvalue weighted by atomic mass is 16.5. The van der Waals surface area contributed by atoms with Crippen molar-refractivity contribution in [2.45, 2.75) is 51.7 Å². The number of hydrogen-bond donors (Lipinski definition) is 1. The lowest BCUT2D eigenvalue weighted by atomic mass is 10.1. The molecule has 3 nitrogen and oxygen atoms in total. The van der Waals surface area contributed by atoms with Gasteiger partial charge in [0.05, 0.1) is 26.4 Å². The molecule has 19 heavy (non-hydrogen) atoms. The number of hydrogen-bond acceptors (Lipinski definition) is 3. The molecule has 1 atom stereocenters. The van der Waals surface area contributed by atoms with Gasteiger partial charge in [0, 0.05) is 0 Å². The van der Waals surface area contributed by atoms with Crippen molar-refractivity contribution in [2.24, 2.45) is 0 Å². The summed E-state index contributed by atoms with van der Waals surface area (Å²) in [5.41, 5.74) is 1.10. The van der Waals surface area contributed by atoms with Crippen molar-refractivity contribution in [3.05, 3.63) is 29.8 Å². The Kier molecular flexibility index (Phi) is 8.26. The fourth-order valence-electron chi connectivity index (χ4n) is 1.92. The Hall–Kier alpha value is -1.06. The number of benzene rings is 1. The quantitative estimate of drug-likeness (QED) is 0.658. The first-order valence-electron chi connectivity index (χ1n) is 7.15. The van der Waals surface area contributed by atoms with Crippen molar-refractivity contribution in [1.29, 1.82) is 0 Å². The number of rotatable bonds is 10. The van der Waals surface area contributed by atoms with E-state index in [9.17, 15) is 5.11 Å². The van der Waals surface area contributed by atoms with Crippen LogP contribution in [0.3, 0.4) is 0 Å². The summed E-state index contributed by atoms with van der Waals surface area (Å²) in [6.45, 7) is 3.14. The van der Waals surface area contributed by atoms with Gasteiger partial charge < -0.3 is 14.6 Å². The third-order valence-corrected chi connectivity index (χ3v) is 3.13. The average Bonchev–Trinajstić information content (AvgIpc) is 2.44. The van der Waals surface area contributed by atoms with Crippen molar-refractivity contribution in [1.82, 2.24) is 0 Å². The van der Waals surface area contributed by atoms with E-state index in [1.165, 1.54) is 19.3 Å². The molecule has 0 saturated carbocycles. The summed E-state index contributed by atoms with van der Waals surface area (Å²) in [6, 6.07) is 7.79. The Labute approximate surface area is 116 Å². The molecule has 3 heteroatoms. The van der Waals surface area contributed by atoms with Crippen LogP contribution in [0.5, 0.6) is 5.75 Å². The molecule has 0 saturated heterocycles. The lowest BCUT2D eigenvalue weighted by Crippen LogP contribution is -2.15. The number of methoxy groups -OCH3 is 1. The third kappa shape index (κ3) is 7.19. The fraction of sp³-hybridized carbons (Fsp3) is 0.625. The molecule has 0 bridgehead atoms. The fourth-order valence-corrected chi connectivity index (χ4v) is 1.92. The summed E-state index contributed by atoms with van der Waals surface area (Å²) in [4.78, 5) is 0. The van der Waals surface area contributed by atoms with Crippen molar-refractivity contribution in [3.63, 3.8) is 0 Å². The lowest BCUT2D eigenvalue weighted by Gasteiger charge is -2.11. The first-order chi connectivity index (χ1) is 9.26. The van der Waals surface area contributed by atoms with Gasteiger partial charge in [-0.05, 0) is 24.1 Å². The molecule has 0 aliphatic carbocycles. The minimum absolute atomic E-state index is 0.338. The molecule has 0 heterocycles. The van der Waals surface area contributed by atoms with E-state index in [2.05, 4.69) is 6.92 Å². The van der Waals surface area contributed by atoms with E-state index in [0.717, 1.165) is 24.2 Å². The van der Waals surface area contributed by atoms with E-state index < -0.39 is 0 Å². The minimum Gasteiger partial charge on any atom is -0.497 e. The van der Waals surface area contributed by atoms with Crippen LogP contribution in [-0.2, 0) is 11.3 Å². The topological polar surface area (TPSA) is 38.7 Å². The molecule has 0 aliphatic heterocycles. The van der Waals surface area contributed by atoms with Crippen molar-refractivity contribution in [3.8, 4) is 5.75 Å². The summed E-state index contributed by atoms with van der Waals surface area (Å²) in [6.07, 6.45) is 5.26. The van der Waals surface area contributed by atoms with Crippen molar-refractivity contribution >= 4 is 0 Å². The van der Waals surface area contributed by atoms with Gasteiger partial charge in [-0.25, -0.2) is 0 Å². The molecule has 1 rings (SSSR count). The van der Waals surface area contributed by atoms with Gasteiger partial charge in [0.15, 0.2) is 0 Å². The molecule has 0 aliphatic rings. The largest absolute Gasteiger partial charge is 0.497 e. The normalized spacial score (nSPS) is 12.4. The van der Waals surface area contributed by atoms with Crippen LogP contribution in [0.25, 0.3) is 0 Å². The number of aliphatic hydroxyl groups excluding tert-OH is 1. The van der Waals surface area contributed by atoms with Crippen LogP contribution in [-0.4, -0.2) is 24.9 Å². The van der Waals surface area contributed by atoms with E-state index in [1.54, 1.807) is 7.11 Å². The van der Waals surface area contributed by atoms with Crippen LogP contribution in [0.4, 0.5) is 0 Å². The molecule has 1 N–H and O–H groups in total. The van der Waals surface area contributed by atoms with Crippen molar-refractivity contribution in [2.75, 3.05) is 13.7 Å². The van der Waals surface area contributed by atoms with E-state index >= 15 is 0 Å². The molecule has 0 aromatic heterocycles. The summed E-state index contributed by atoms with van der Waals surface area (Å²) in [5, 5.41) is 9.76. The molecule has 0 radical (unpaired) electrons. The van der Waals surface area contributed by atoms with Gasteiger partial charge in [-0.3, -0.25) is 0 Å². The summed E-state index contributed by atoms with van der Waals surface area (Å²) < 4.78 is 10.6. The van der Waals surface area contributed by atoms with Crippen LogP contribution >= 0.6 is 0 Å². The van der Waals surface area contributed by atoms with Gasteiger partial charge in [-0.1, -0.05) is 44.7 Å². The average molecular weight is 266 g/mol. The monoisotopic (exact) mass is 266 g/mol. The van der Waals surface area contributed by atoms with E-state index in [0.29, 0.717) is 13.2 Å². The summed E-state index contributed by atoms with van der Waals surface area (Å²) in [7, 11) is 1.65. The highest BCUT2D eigenvalue weighted by Gasteiger charge is 2.04. The number of unbranched alkanes of at least 4 members (excludes halogenated alkanes) is 3. The highest BCUT2D eigenvalue weighted by molar-refractivity contribution is 5.26. The minimum atomic E-state index is -0.338. The first kappa shape index (κ1) is 16.0. The zero-order valence-electron chi connectivity index (χ0n) is 12.1. The molecule has 0 unspecified atom stereocenters. The molecule has 1 aromatic carbocycles. The van der Waals surface area contributed by atoms with Gasteiger partial charge >= 0.3 is 0 Å². The van der Waals surface area contributed by atoms with Crippen LogP contribution in [0.1, 0.15) is 44.6 Å². The standard InChI is InChI=1S/C16H26O3/c1-3-4-5-6-7-15(17)13-19-12-14-8-10-16(18-2)11-9-14/h8-11,15,17H,3-7,12-13H2,1-2H3/t15-/m1/s1. The molecule has 0 amide bonds. The molecule has 108 valence electrons. The molecular formula is C16H26O3. The maximum absolute atomic E-state index is 9.76. The van der Waals surface area contributed by atoms with Gasteiger partial charge in [0.25, 0.3) is 0 Å². The van der Waals surface area contributed by atoms with Crippen LogP contribution in [0.15, 0.2) is 24.3 Å². The van der Waals surface area contributed by atoms with Crippen LogP contribution < -0.4 is 4.74 Å². The Balaban J connectivity index is 2.11. The molecule has 0 spiro atoms. The second kappa shape index (κ2) is 9.82. The smallest absolute Gasteiger partial charge is 0.118 e. The third-order valence-electron chi connectivity index (χ3n) is 3.13. The zero-order valence-corrected chi connectivity index (χ0v) is 12.1. The SMILES string of the molecule is CCCCCC[C@@H](O)COCc1ccc(OC)cc1. The van der Waals surface area contributed by atoms with E-state index in [4.69, 9.17) is 9.47 Å². The summed E-state index contributed by atoms with van der Waals surface area (Å²) in [5.74, 6) is 0.847. The zero-order chi connectivity index (χ0) is 13.9. The second-order valence-electron chi connectivity index (χ2n) is 4.87. The Morgan fingerprint density at radius 1 is 1.11 bits per heavy atom. The number of aliphatic hydroxyl groups is 1. The van der Waals surface area contributed by atoms with E-state index in [1.807, 2.05) is 24.3 Å². The highest BCUT2D eigenvalue weighted by Crippen LogP contribution is 2.12. The predicted molar refractivity (Wildman–Crippen MR) is 77.4 cm³/mol. The molecule has 1 aromatic rings. The molecule has 0 fully saturated rings. The van der Waals surface area contributed by atoms with Gasteiger partial charge in [-0.15, -0.1) is 0 Å². The van der Waals surface area contributed by atoms with Crippen molar-refractivity contribution < 1.29 is 14.6 Å². The van der Waals surface area contributed by atoms with Gasteiger partial charge in [-0.2, -0.15) is 0 Å². The van der Waals surface area contributed by atoms with Crippen LogP contribution in [0, 0.1) is 0 Å². The Bertz CT molecular complexity index is 321. The second-order valence-corrected chi connectivity index (χ2v) is 4.87. The van der Waals surface area contributed by atoms with Crippen LogP contribution in [0.2, 0.25) is 0 Å². The summed E-state index contributed by atoms with van der Waals surface area (Å²) >= 11 is 0. The van der Waals surface area contributed by atoms with Gasteiger partial charge in [0.2, 0.25) is 0 Å². The maximum Gasteiger partial charge on any atom is 0.118 e. The van der Waals surface area contributed by atoms with E-state index in [-0.39, 0.29) is 6.10 Å².